The zero-order valence-electron chi connectivity index (χ0n) is 19.0. The molecule has 3 aromatic carbocycles. The van der Waals surface area contributed by atoms with E-state index in [1.165, 1.54) is 11.1 Å². The molecule has 0 atom stereocenters. The molecule has 0 saturated heterocycles. The number of nitrogens with zero attached hydrogens (tertiary/aromatic N) is 2. The SMILES string of the molecule is CC(C)(C)c1ccc(-c2nc3ccccc3n2CC(=O)OCCCc2ccccc2)cc1. The first-order valence-corrected chi connectivity index (χ1v) is 11.2. The largest absolute Gasteiger partial charge is 0.464 e. The standard InChI is InChI=1S/C28H30N2O2/c1-28(2,3)23-17-15-22(16-18-23)27-29-24-13-7-8-14-25(24)30(27)20-26(31)32-19-9-12-21-10-5-4-6-11-21/h4-8,10-11,13-18H,9,12,19-20H2,1-3H3. The Morgan fingerprint density at radius 1 is 0.906 bits per heavy atom. The van der Waals surface area contributed by atoms with E-state index in [4.69, 9.17) is 9.72 Å². The van der Waals surface area contributed by atoms with Crippen LogP contribution >= 0.6 is 0 Å². The van der Waals surface area contributed by atoms with Crippen LogP contribution < -0.4 is 0 Å². The van der Waals surface area contributed by atoms with Crippen molar-refractivity contribution in [2.24, 2.45) is 0 Å². The highest BCUT2D eigenvalue weighted by Crippen LogP contribution is 2.28. The molecule has 4 heteroatoms. The van der Waals surface area contributed by atoms with E-state index < -0.39 is 0 Å². The van der Waals surface area contributed by atoms with Gasteiger partial charge in [-0.3, -0.25) is 4.79 Å². The van der Waals surface area contributed by atoms with Crippen molar-refractivity contribution < 1.29 is 9.53 Å². The van der Waals surface area contributed by atoms with Crippen LogP contribution in [0.15, 0.2) is 78.9 Å². The minimum absolute atomic E-state index is 0.0855. The van der Waals surface area contributed by atoms with Gasteiger partial charge in [-0.15, -0.1) is 0 Å². The number of para-hydroxylation sites is 2. The van der Waals surface area contributed by atoms with E-state index in [1.807, 2.05) is 47.0 Å². The quantitative estimate of drug-likeness (QED) is 0.262. The number of esters is 1. The number of imidazole rings is 1. The summed E-state index contributed by atoms with van der Waals surface area (Å²) in [6.45, 7) is 7.15. The van der Waals surface area contributed by atoms with Gasteiger partial charge >= 0.3 is 5.97 Å². The molecule has 0 spiro atoms. The first-order valence-electron chi connectivity index (χ1n) is 11.2. The smallest absolute Gasteiger partial charge is 0.326 e. The highest BCUT2D eigenvalue weighted by atomic mass is 16.5. The number of benzene rings is 3. The number of carbonyl (C=O) groups excluding carboxylic acids is 1. The Balaban J connectivity index is 1.49. The summed E-state index contributed by atoms with van der Waals surface area (Å²) in [4.78, 5) is 17.5. The first-order chi connectivity index (χ1) is 15.4. The molecule has 1 heterocycles. The number of rotatable bonds is 7. The summed E-state index contributed by atoms with van der Waals surface area (Å²) in [5.41, 5.74) is 5.41. The van der Waals surface area contributed by atoms with E-state index >= 15 is 0 Å². The van der Waals surface area contributed by atoms with Crippen molar-refractivity contribution in [3.63, 3.8) is 0 Å². The molecule has 32 heavy (non-hydrogen) atoms. The Morgan fingerprint density at radius 3 is 2.31 bits per heavy atom. The summed E-state index contributed by atoms with van der Waals surface area (Å²) in [5, 5.41) is 0. The average molecular weight is 427 g/mol. The van der Waals surface area contributed by atoms with E-state index in [0.717, 1.165) is 35.3 Å². The van der Waals surface area contributed by atoms with Crippen LogP contribution in [0, 0.1) is 0 Å². The lowest BCUT2D eigenvalue weighted by Gasteiger charge is -2.19. The van der Waals surface area contributed by atoms with E-state index in [9.17, 15) is 4.79 Å². The topological polar surface area (TPSA) is 44.1 Å². The molecule has 0 aliphatic rings. The predicted molar refractivity (Wildman–Crippen MR) is 130 cm³/mol. The molecule has 4 nitrogen and oxygen atoms in total. The third-order valence-corrected chi connectivity index (χ3v) is 5.67. The summed E-state index contributed by atoms with van der Waals surface area (Å²) in [6.07, 6.45) is 1.70. The highest BCUT2D eigenvalue weighted by Gasteiger charge is 2.18. The summed E-state index contributed by atoms with van der Waals surface area (Å²) < 4.78 is 7.51. The molecule has 0 amide bonds. The predicted octanol–water partition coefficient (Wildman–Crippen LogP) is 6.18. The second-order valence-electron chi connectivity index (χ2n) is 9.15. The maximum absolute atomic E-state index is 12.7. The molecule has 0 aliphatic heterocycles. The zero-order valence-corrected chi connectivity index (χ0v) is 19.0. The maximum atomic E-state index is 12.7. The van der Waals surface area contributed by atoms with Gasteiger partial charge in [-0.05, 0) is 41.5 Å². The summed E-state index contributed by atoms with van der Waals surface area (Å²) in [6, 6.07) is 26.6. The zero-order chi connectivity index (χ0) is 22.6. The van der Waals surface area contributed by atoms with Gasteiger partial charge in [-0.1, -0.05) is 87.5 Å². The fourth-order valence-electron chi connectivity index (χ4n) is 3.86. The van der Waals surface area contributed by atoms with Gasteiger partial charge in [0.25, 0.3) is 0 Å². The number of carbonyl (C=O) groups is 1. The fraction of sp³-hybridized carbons (Fsp3) is 0.286. The average Bonchev–Trinajstić information content (AvgIpc) is 3.15. The molecule has 0 unspecified atom stereocenters. The minimum atomic E-state index is -0.242. The maximum Gasteiger partial charge on any atom is 0.326 e. The van der Waals surface area contributed by atoms with Crippen LogP contribution in [0.3, 0.4) is 0 Å². The number of aromatic nitrogens is 2. The molecular weight excluding hydrogens is 396 g/mol. The van der Waals surface area contributed by atoms with Gasteiger partial charge in [0.1, 0.15) is 12.4 Å². The number of hydrogen-bond donors (Lipinski definition) is 0. The van der Waals surface area contributed by atoms with Crippen molar-refractivity contribution in [3.8, 4) is 11.4 Å². The Kier molecular flexibility index (Phi) is 6.40. The molecule has 1 aromatic heterocycles. The van der Waals surface area contributed by atoms with Crippen LogP contribution in [0.5, 0.6) is 0 Å². The second-order valence-corrected chi connectivity index (χ2v) is 9.15. The lowest BCUT2D eigenvalue weighted by Crippen LogP contribution is -2.15. The van der Waals surface area contributed by atoms with Gasteiger partial charge in [0, 0.05) is 5.56 Å². The monoisotopic (exact) mass is 426 g/mol. The van der Waals surface area contributed by atoms with E-state index in [0.29, 0.717) is 6.61 Å². The van der Waals surface area contributed by atoms with Crippen LogP contribution in [-0.2, 0) is 27.9 Å². The lowest BCUT2D eigenvalue weighted by molar-refractivity contribution is -0.144. The Morgan fingerprint density at radius 2 is 1.59 bits per heavy atom. The lowest BCUT2D eigenvalue weighted by atomic mass is 9.87. The molecule has 4 rings (SSSR count). The Bertz CT molecular complexity index is 1190. The van der Waals surface area contributed by atoms with Crippen LogP contribution in [0.2, 0.25) is 0 Å². The molecule has 0 radical (unpaired) electrons. The Labute approximate surface area is 189 Å². The van der Waals surface area contributed by atoms with Gasteiger partial charge in [0.15, 0.2) is 0 Å². The van der Waals surface area contributed by atoms with E-state index in [1.54, 1.807) is 0 Å². The van der Waals surface area contributed by atoms with Crippen molar-refractivity contribution in [1.82, 2.24) is 9.55 Å². The normalized spacial score (nSPS) is 11.6. The van der Waals surface area contributed by atoms with Crippen LogP contribution in [0.25, 0.3) is 22.4 Å². The van der Waals surface area contributed by atoms with E-state index in [-0.39, 0.29) is 17.9 Å². The number of fused-ring (bicyclic) bond motifs is 1. The summed E-state index contributed by atoms with van der Waals surface area (Å²) in [7, 11) is 0. The van der Waals surface area contributed by atoms with Crippen molar-refractivity contribution in [3.05, 3.63) is 90.0 Å². The Hall–Kier alpha value is -3.40. The van der Waals surface area contributed by atoms with E-state index in [2.05, 4.69) is 57.2 Å². The molecule has 0 aliphatic carbocycles. The third kappa shape index (κ3) is 5.08. The molecule has 0 N–H and O–H groups in total. The molecule has 4 aromatic rings. The molecule has 0 fully saturated rings. The second kappa shape index (κ2) is 9.39. The molecule has 0 bridgehead atoms. The minimum Gasteiger partial charge on any atom is -0.464 e. The van der Waals surface area contributed by atoms with Gasteiger partial charge < -0.3 is 9.30 Å². The third-order valence-electron chi connectivity index (χ3n) is 5.67. The fourth-order valence-corrected chi connectivity index (χ4v) is 3.86. The number of hydrogen-bond acceptors (Lipinski definition) is 3. The summed E-state index contributed by atoms with van der Waals surface area (Å²) >= 11 is 0. The number of ether oxygens (including phenoxy) is 1. The van der Waals surface area contributed by atoms with Crippen molar-refractivity contribution in [2.75, 3.05) is 6.61 Å². The van der Waals surface area contributed by atoms with Crippen LogP contribution in [0.4, 0.5) is 0 Å². The number of aryl methyl sites for hydroxylation is 1. The van der Waals surface area contributed by atoms with Gasteiger partial charge in [-0.25, -0.2) is 4.98 Å². The van der Waals surface area contributed by atoms with Crippen molar-refractivity contribution in [1.29, 1.82) is 0 Å². The van der Waals surface area contributed by atoms with Gasteiger partial charge in [0.2, 0.25) is 0 Å². The molecule has 164 valence electrons. The van der Waals surface area contributed by atoms with Gasteiger partial charge in [-0.2, -0.15) is 0 Å². The van der Waals surface area contributed by atoms with Crippen molar-refractivity contribution >= 4 is 17.0 Å². The van der Waals surface area contributed by atoms with Crippen molar-refractivity contribution in [2.45, 2.75) is 45.6 Å². The molecule has 0 saturated carbocycles. The van der Waals surface area contributed by atoms with Gasteiger partial charge in [0.05, 0.1) is 17.6 Å². The first kappa shape index (κ1) is 21.8. The van der Waals surface area contributed by atoms with Crippen LogP contribution in [-0.4, -0.2) is 22.1 Å². The molecular formula is C28H30N2O2. The summed E-state index contributed by atoms with van der Waals surface area (Å²) in [5.74, 6) is 0.543. The van der Waals surface area contributed by atoms with Crippen LogP contribution in [0.1, 0.15) is 38.3 Å². The highest BCUT2D eigenvalue weighted by molar-refractivity contribution is 5.83.